The predicted octanol–water partition coefficient (Wildman–Crippen LogP) is 5.66. The van der Waals surface area contributed by atoms with Crippen molar-refractivity contribution in [3.05, 3.63) is 17.7 Å². The molecule has 0 aliphatic heterocycles. The number of amides is 1. The summed E-state index contributed by atoms with van der Waals surface area (Å²) in [6.07, 6.45) is 7.56. The molecule has 1 amide bonds. The van der Waals surface area contributed by atoms with E-state index in [1.807, 2.05) is 26.0 Å². The van der Waals surface area contributed by atoms with Gasteiger partial charge in [-0.2, -0.15) is 0 Å². The maximum Gasteiger partial charge on any atom is 0.265 e. The van der Waals surface area contributed by atoms with E-state index >= 15 is 0 Å². The van der Waals surface area contributed by atoms with Crippen molar-refractivity contribution in [1.82, 2.24) is 4.98 Å². The lowest BCUT2D eigenvalue weighted by Crippen LogP contribution is -2.10. The molecule has 1 aromatic heterocycles. The van der Waals surface area contributed by atoms with E-state index in [1.54, 1.807) is 7.11 Å². The lowest BCUT2D eigenvalue weighted by molar-refractivity contribution is -0.118. The summed E-state index contributed by atoms with van der Waals surface area (Å²) < 4.78 is 5.58. The van der Waals surface area contributed by atoms with Crippen LogP contribution in [0, 0.1) is 11.8 Å². The summed E-state index contributed by atoms with van der Waals surface area (Å²) in [7, 11) is 1.67. The molecule has 1 aliphatic carbocycles. The third-order valence-corrected chi connectivity index (χ3v) is 5.27. The van der Waals surface area contributed by atoms with Crippen LogP contribution in [0.25, 0.3) is 10.9 Å². The van der Waals surface area contributed by atoms with Gasteiger partial charge in [-0.3, -0.25) is 4.79 Å². The molecule has 2 aromatic rings. The molecule has 0 atom stereocenters. The molecule has 1 fully saturated rings. The Balaban J connectivity index is 1.95. The first-order valence-electron chi connectivity index (χ1n) is 9.84. The van der Waals surface area contributed by atoms with Gasteiger partial charge in [0.25, 0.3) is 5.91 Å². The van der Waals surface area contributed by atoms with Crippen LogP contribution in [0.1, 0.15) is 57.9 Å². The summed E-state index contributed by atoms with van der Waals surface area (Å²) in [6, 6.07) is 3.76. The Morgan fingerprint density at radius 3 is 2.70 bits per heavy atom. The average Bonchev–Trinajstić information content (AvgIpc) is 2.96. The number of benzene rings is 1. The number of azo groups is 1. The molecule has 1 saturated carbocycles. The van der Waals surface area contributed by atoms with E-state index < -0.39 is 0 Å². The van der Waals surface area contributed by atoms with Crippen LogP contribution in [0.3, 0.4) is 0 Å². The van der Waals surface area contributed by atoms with Gasteiger partial charge in [0.1, 0.15) is 5.75 Å². The minimum atomic E-state index is -0.283. The van der Waals surface area contributed by atoms with Crippen molar-refractivity contribution in [3.8, 4) is 11.6 Å². The maximum absolute atomic E-state index is 11.9. The second-order valence-electron chi connectivity index (χ2n) is 7.89. The third kappa shape index (κ3) is 4.49. The molecular weight excluding hydrogens is 342 g/mol. The molecular formula is C21H29N3O3. The highest BCUT2D eigenvalue weighted by Crippen LogP contribution is 2.41. The van der Waals surface area contributed by atoms with Crippen LogP contribution >= 0.6 is 0 Å². The summed E-state index contributed by atoms with van der Waals surface area (Å²) in [5, 5.41) is 18.9. The highest BCUT2D eigenvalue weighted by Gasteiger charge is 2.21. The Kier molecular flexibility index (Phi) is 6.14. The van der Waals surface area contributed by atoms with E-state index in [2.05, 4.69) is 15.2 Å². The Bertz CT molecular complexity index is 833. The number of ether oxygens (including phenoxy) is 1. The van der Waals surface area contributed by atoms with Gasteiger partial charge in [0.15, 0.2) is 5.69 Å². The number of nitrogens with one attached hydrogen (secondary N) is 1. The van der Waals surface area contributed by atoms with Gasteiger partial charge in [0, 0.05) is 17.4 Å². The molecule has 2 N–H and O–H groups in total. The molecule has 0 bridgehead atoms. The van der Waals surface area contributed by atoms with Gasteiger partial charge in [-0.15, -0.1) is 10.2 Å². The number of methoxy groups -OCH3 is 1. The molecule has 0 saturated heterocycles. The van der Waals surface area contributed by atoms with Crippen LogP contribution in [0.5, 0.6) is 11.6 Å². The quantitative estimate of drug-likeness (QED) is 0.642. The molecule has 6 nitrogen and oxygen atoms in total. The lowest BCUT2D eigenvalue weighted by Gasteiger charge is -2.22. The van der Waals surface area contributed by atoms with Gasteiger partial charge in [0.05, 0.1) is 12.6 Å². The van der Waals surface area contributed by atoms with Gasteiger partial charge in [0.2, 0.25) is 5.88 Å². The highest BCUT2D eigenvalue weighted by atomic mass is 16.5. The Labute approximate surface area is 160 Å². The largest absolute Gasteiger partial charge is 0.496 e. The predicted molar refractivity (Wildman–Crippen MR) is 106 cm³/mol. The zero-order valence-corrected chi connectivity index (χ0v) is 16.4. The van der Waals surface area contributed by atoms with Crippen LogP contribution in [0.4, 0.5) is 5.69 Å². The Morgan fingerprint density at radius 1 is 1.30 bits per heavy atom. The first-order chi connectivity index (χ1) is 13.0. The standard InChI is InChI=1S/C21H29N3O3/c1-13(2)11-18(25)23-24-20-15-9-10-17(27-3)16(19(15)22-21(20)26)12-14-7-5-4-6-8-14/h9-10,13-14,22,26H,4-8,11-12H2,1-3H3. The van der Waals surface area contributed by atoms with Crippen LogP contribution in [-0.2, 0) is 11.2 Å². The van der Waals surface area contributed by atoms with Crippen LogP contribution < -0.4 is 4.74 Å². The van der Waals surface area contributed by atoms with Gasteiger partial charge < -0.3 is 14.8 Å². The van der Waals surface area contributed by atoms with Crippen molar-refractivity contribution < 1.29 is 14.6 Å². The number of hydrogen-bond donors (Lipinski definition) is 2. The zero-order chi connectivity index (χ0) is 19.4. The van der Waals surface area contributed by atoms with Crippen molar-refractivity contribution in [1.29, 1.82) is 0 Å². The number of carbonyl (C=O) groups is 1. The number of aromatic nitrogens is 1. The molecule has 0 unspecified atom stereocenters. The summed E-state index contributed by atoms with van der Waals surface area (Å²) in [6.45, 7) is 3.92. The fourth-order valence-corrected chi connectivity index (χ4v) is 3.94. The average molecular weight is 371 g/mol. The maximum atomic E-state index is 11.9. The molecule has 0 radical (unpaired) electrons. The van der Waals surface area contributed by atoms with Crippen LogP contribution in [-0.4, -0.2) is 23.1 Å². The number of carbonyl (C=O) groups excluding carboxylic acids is 1. The molecule has 146 valence electrons. The fourth-order valence-electron chi connectivity index (χ4n) is 3.94. The number of H-pyrrole nitrogens is 1. The Morgan fingerprint density at radius 2 is 2.04 bits per heavy atom. The van der Waals surface area contributed by atoms with E-state index in [4.69, 9.17) is 4.74 Å². The normalized spacial score (nSPS) is 15.9. The second-order valence-corrected chi connectivity index (χ2v) is 7.89. The molecule has 1 aromatic carbocycles. The number of rotatable bonds is 6. The highest BCUT2D eigenvalue weighted by molar-refractivity contribution is 5.97. The monoisotopic (exact) mass is 371 g/mol. The minimum absolute atomic E-state index is 0.0655. The van der Waals surface area contributed by atoms with E-state index in [0.29, 0.717) is 18.0 Å². The van der Waals surface area contributed by atoms with E-state index in [-0.39, 0.29) is 17.7 Å². The number of aromatic hydroxyl groups is 1. The van der Waals surface area contributed by atoms with E-state index in [1.165, 1.54) is 32.1 Å². The second kappa shape index (κ2) is 8.55. The zero-order valence-electron chi connectivity index (χ0n) is 16.4. The molecule has 0 spiro atoms. The van der Waals surface area contributed by atoms with E-state index in [0.717, 1.165) is 28.6 Å². The number of nitrogens with zero attached hydrogens (tertiary/aromatic N) is 2. The van der Waals surface area contributed by atoms with Crippen molar-refractivity contribution in [2.24, 2.45) is 22.1 Å². The first kappa shape index (κ1) is 19.4. The molecule has 3 rings (SSSR count). The molecule has 27 heavy (non-hydrogen) atoms. The SMILES string of the molecule is COc1ccc2c(N=NC(=O)CC(C)C)c(O)[nH]c2c1CC1CCCCC1. The summed E-state index contributed by atoms with van der Waals surface area (Å²) in [5.74, 6) is 1.31. The smallest absolute Gasteiger partial charge is 0.265 e. The lowest BCUT2D eigenvalue weighted by atomic mass is 9.84. The molecule has 6 heteroatoms. The van der Waals surface area contributed by atoms with E-state index in [9.17, 15) is 9.90 Å². The van der Waals surface area contributed by atoms with Crippen molar-refractivity contribution in [3.63, 3.8) is 0 Å². The summed E-state index contributed by atoms with van der Waals surface area (Å²) in [5.41, 5.74) is 2.20. The Hall–Kier alpha value is -2.37. The summed E-state index contributed by atoms with van der Waals surface area (Å²) >= 11 is 0. The van der Waals surface area contributed by atoms with Gasteiger partial charge in [-0.05, 0) is 30.4 Å². The van der Waals surface area contributed by atoms with Gasteiger partial charge >= 0.3 is 0 Å². The number of fused-ring (bicyclic) bond motifs is 1. The van der Waals surface area contributed by atoms with Crippen LogP contribution in [0.2, 0.25) is 0 Å². The summed E-state index contributed by atoms with van der Waals surface area (Å²) in [4.78, 5) is 14.9. The topological polar surface area (TPSA) is 87.0 Å². The van der Waals surface area contributed by atoms with Gasteiger partial charge in [-0.1, -0.05) is 46.0 Å². The number of hydrogen-bond acceptors (Lipinski definition) is 4. The third-order valence-electron chi connectivity index (χ3n) is 5.27. The fraction of sp³-hybridized carbons (Fsp3) is 0.571. The van der Waals surface area contributed by atoms with Crippen LogP contribution in [0.15, 0.2) is 22.4 Å². The number of aromatic amines is 1. The molecule has 1 heterocycles. The van der Waals surface area contributed by atoms with Gasteiger partial charge in [-0.25, -0.2) is 0 Å². The van der Waals surface area contributed by atoms with Crippen molar-refractivity contribution in [2.75, 3.05) is 7.11 Å². The van der Waals surface area contributed by atoms with Crippen molar-refractivity contribution in [2.45, 2.75) is 58.8 Å². The molecule has 1 aliphatic rings. The first-order valence-corrected chi connectivity index (χ1v) is 9.84. The minimum Gasteiger partial charge on any atom is -0.496 e. The van der Waals surface area contributed by atoms with Crippen molar-refractivity contribution >= 4 is 22.5 Å².